The van der Waals surface area contributed by atoms with E-state index in [-0.39, 0.29) is 12.2 Å². The second kappa shape index (κ2) is 8.06. The number of nitrogens with one attached hydrogen (secondary N) is 3. The molecule has 9 heteroatoms. The van der Waals surface area contributed by atoms with Crippen LogP contribution in [0.25, 0.3) is 5.82 Å². The molecule has 134 valence electrons. The third kappa shape index (κ3) is 4.53. The van der Waals surface area contributed by atoms with E-state index in [9.17, 15) is 13.6 Å². The van der Waals surface area contributed by atoms with E-state index < -0.39 is 17.7 Å². The van der Waals surface area contributed by atoms with Crippen LogP contribution in [0.3, 0.4) is 0 Å². The van der Waals surface area contributed by atoms with Gasteiger partial charge in [0.1, 0.15) is 29.6 Å². The SMILES string of the molecule is O=C(NCCNc1cc(-n2cccc2)ncn1)Nc1ccc(F)cc1F. The molecule has 0 saturated carbocycles. The Labute approximate surface area is 148 Å². The van der Waals surface area contributed by atoms with Crippen LogP contribution in [0.5, 0.6) is 0 Å². The van der Waals surface area contributed by atoms with Gasteiger partial charge < -0.3 is 20.5 Å². The summed E-state index contributed by atoms with van der Waals surface area (Å²) >= 11 is 0. The molecule has 0 radical (unpaired) electrons. The minimum atomic E-state index is -0.836. The zero-order valence-electron chi connectivity index (χ0n) is 13.6. The predicted molar refractivity (Wildman–Crippen MR) is 93.2 cm³/mol. The Kier molecular flexibility index (Phi) is 5.37. The summed E-state index contributed by atoms with van der Waals surface area (Å²) in [6, 6.07) is 7.89. The minimum Gasteiger partial charge on any atom is -0.368 e. The number of carbonyl (C=O) groups is 1. The highest BCUT2D eigenvalue weighted by Gasteiger charge is 2.07. The van der Waals surface area contributed by atoms with Crippen LogP contribution >= 0.6 is 0 Å². The summed E-state index contributed by atoms with van der Waals surface area (Å²) in [5.74, 6) is -0.223. The van der Waals surface area contributed by atoms with E-state index in [2.05, 4.69) is 25.9 Å². The van der Waals surface area contributed by atoms with E-state index in [0.717, 1.165) is 12.1 Å². The number of nitrogens with zero attached hydrogens (tertiary/aromatic N) is 3. The number of hydrogen-bond donors (Lipinski definition) is 3. The quantitative estimate of drug-likeness (QED) is 0.592. The molecule has 0 spiro atoms. The van der Waals surface area contributed by atoms with Gasteiger partial charge in [-0.1, -0.05) is 0 Å². The van der Waals surface area contributed by atoms with Gasteiger partial charge in [0.15, 0.2) is 0 Å². The Morgan fingerprint density at radius 2 is 1.88 bits per heavy atom. The first kappa shape index (κ1) is 17.3. The average Bonchev–Trinajstić information content (AvgIpc) is 3.16. The number of benzene rings is 1. The first-order valence-corrected chi connectivity index (χ1v) is 7.81. The highest BCUT2D eigenvalue weighted by Crippen LogP contribution is 2.14. The zero-order valence-corrected chi connectivity index (χ0v) is 13.6. The second-order valence-corrected chi connectivity index (χ2v) is 5.28. The lowest BCUT2D eigenvalue weighted by Gasteiger charge is -2.10. The van der Waals surface area contributed by atoms with Crippen LogP contribution in [0.1, 0.15) is 0 Å². The third-order valence-corrected chi connectivity index (χ3v) is 3.42. The Hall–Kier alpha value is -3.49. The van der Waals surface area contributed by atoms with Crippen LogP contribution in [0.2, 0.25) is 0 Å². The van der Waals surface area contributed by atoms with Crippen molar-refractivity contribution in [2.45, 2.75) is 0 Å². The maximum absolute atomic E-state index is 13.5. The summed E-state index contributed by atoms with van der Waals surface area (Å²) in [5, 5.41) is 7.93. The molecule has 0 saturated heterocycles. The normalized spacial score (nSPS) is 10.4. The molecule has 0 aliphatic carbocycles. The molecule has 0 fully saturated rings. The largest absolute Gasteiger partial charge is 0.368 e. The van der Waals surface area contributed by atoms with Crippen molar-refractivity contribution in [3.63, 3.8) is 0 Å². The lowest BCUT2D eigenvalue weighted by atomic mass is 10.3. The number of aromatic nitrogens is 3. The van der Waals surface area contributed by atoms with E-state index in [1.54, 1.807) is 6.07 Å². The molecule has 3 rings (SSSR count). The fourth-order valence-corrected chi connectivity index (χ4v) is 2.20. The van der Waals surface area contributed by atoms with Crippen molar-refractivity contribution in [1.82, 2.24) is 19.9 Å². The van der Waals surface area contributed by atoms with Crippen LogP contribution < -0.4 is 16.0 Å². The molecule has 2 amide bonds. The van der Waals surface area contributed by atoms with Gasteiger partial charge in [0, 0.05) is 37.6 Å². The molecule has 0 aliphatic heterocycles. The number of urea groups is 1. The van der Waals surface area contributed by atoms with Crippen molar-refractivity contribution in [2.75, 3.05) is 23.7 Å². The Morgan fingerprint density at radius 1 is 1.08 bits per heavy atom. The fourth-order valence-electron chi connectivity index (χ4n) is 2.20. The molecule has 0 aliphatic rings. The van der Waals surface area contributed by atoms with Crippen molar-refractivity contribution in [1.29, 1.82) is 0 Å². The summed E-state index contributed by atoms with van der Waals surface area (Å²) in [7, 11) is 0. The first-order valence-electron chi connectivity index (χ1n) is 7.81. The van der Waals surface area contributed by atoms with Gasteiger partial charge in [-0.3, -0.25) is 0 Å². The van der Waals surface area contributed by atoms with Crippen LogP contribution in [0.4, 0.5) is 25.1 Å². The van der Waals surface area contributed by atoms with Crippen molar-refractivity contribution >= 4 is 17.5 Å². The van der Waals surface area contributed by atoms with Gasteiger partial charge >= 0.3 is 6.03 Å². The summed E-state index contributed by atoms with van der Waals surface area (Å²) < 4.78 is 28.1. The Bertz CT molecular complexity index is 885. The van der Waals surface area contributed by atoms with Crippen molar-refractivity contribution in [3.8, 4) is 5.82 Å². The number of anilines is 2. The maximum atomic E-state index is 13.5. The van der Waals surface area contributed by atoms with E-state index in [0.29, 0.717) is 24.2 Å². The smallest absolute Gasteiger partial charge is 0.319 e. The summed E-state index contributed by atoms with van der Waals surface area (Å²) in [6.07, 6.45) is 5.17. The predicted octanol–water partition coefficient (Wildman–Crippen LogP) is 2.78. The topological polar surface area (TPSA) is 83.9 Å². The van der Waals surface area contributed by atoms with Gasteiger partial charge in [0.2, 0.25) is 0 Å². The highest BCUT2D eigenvalue weighted by molar-refractivity contribution is 5.89. The summed E-state index contributed by atoms with van der Waals surface area (Å²) in [4.78, 5) is 20.0. The van der Waals surface area contributed by atoms with Gasteiger partial charge in [-0.05, 0) is 24.3 Å². The van der Waals surface area contributed by atoms with Gasteiger partial charge in [-0.25, -0.2) is 23.5 Å². The number of rotatable bonds is 6. The number of hydrogen-bond acceptors (Lipinski definition) is 4. The van der Waals surface area contributed by atoms with Crippen molar-refractivity contribution in [2.24, 2.45) is 0 Å². The number of amides is 2. The van der Waals surface area contributed by atoms with E-state index in [1.165, 1.54) is 6.33 Å². The standard InChI is InChI=1S/C17H16F2N6O/c18-12-3-4-14(13(19)9-12)24-17(26)21-6-5-20-15-10-16(23-11-22-15)25-7-1-2-8-25/h1-4,7-11H,5-6H2,(H,20,22,23)(H2,21,24,26). The highest BCUT2D eigenvalue weighted by atomic mass is 19.1. The number of halogens is 2. The molecule has 0 atom stereocenters. The molecule has 0 unspecified atom stereocenters. The maximum Gasteiger partial charge on any atom is 0.319 e. The van der Waals surface area contributed by atoms with Gasteiger partial charge in [0.25, 0.3) is 0 Å². The monoisotopic (exact) mass is 358 g/mol. The van der Waals surface area contributed by atoms with Crippen LogP contribution in [-0.4, -0.2) is 33.7 Å². The first-order chi connectivity index (χ1) is 12.6. The van der Waals surface area contributed by atoms with Crippen LogP contribution in [0.15, 0.2) is 55.1 Å². The average molecular weight is 358 g/mol. The Balaban J connectivity index is 1.45. The van der Waals surface area contributed by atoms with E-state index >= 15 is 0 Å². The summed E-state index contributed by atoms with van der Waals surface area (Å²) in [6.45, 7) is 0.680. The molecule has 2 aromatic heterocycles. The minimum absolute atomic E-state index is 0.0935. The second-order valence-electron chi connectivity index (χ2n) is 5.28. The Morgan fingerprint density at radius 3 is 2.65 bits per heavy atom. The fraction of sp³-hybridized carbons (Fsp3) is 0.118. The van der Waals surface area contributed by atoms with Crippen LogP contribution in [0, 0.1) is 11.6 Å². The molecule has 3 aromatic rings. The number of carbonyl (C=O) groups excluding carboxylic acids is 1. The molecule has 2 heterocycles. The lowest BCUT2D eigenvalue weighted by Crippen LogP contribution is -2.33. The van der Waals surface area contributed by atoms with Gasteiger partial charge in [-0.15, -0.1) is 0 Å². The lowest BCUT2D eigenvalue weighted by molar-refractivity contribution is 0.252. The van der Waals surface area contributed by atoms with Crippen LogP contribution in [-0.2, 0) is 0 Å². The van der Waals surface area contributed by atoms with Gasteiger partial charge in [-0.2, -0.15) is 0 Å². The third-order valence-electron chi connectivity index (χ3n) is 3.42. The zero-order chi connectivity index (χ0) is 18.4. The molecule has 7 nitrogen and oxygen atoms in total. The molecular weight excluding hydrogens is 342 g/mol. The molecular formula is C17H16F2N6O. The molecule has 3 N–H and O–H groups in total. The van der Waals surface area contributed by atoms with E-state index in [1.807, 2.05) is 29.1 Å². The van der Waals surface area contributed by atoms with Crippen molar-refractivity contribution < 1.29 is 13.6 Å². The molecule has 1 aromatic carbocycles. The van der Waals surface area contributed by atoms with Crippen molar-refractivity contribution in [3.05, 3.63) is 66.8 Å². The molecule has 26 heavy (non-hydrogen) atoms. The summed E-state index contributed by atoms with van der Waals surface area (Å²) in [5.41, 5.74) is -0.0935. The molecule has 0 bridgehead atoms. The van der Waals surface area contributed by atoms with Gasteiger partial charge in [0.05, 0.1) is 5.69 Å². The van der Waals surface area contributed by atoms with E-state index in [4.69, 9.17) is 0 Å².